The molecule has 0 saturated heterocycles. The molecule has 0 aliphatic rings. The van der Waals surface area contributed by atoms with Crippen molar-refractivity contribution in [2.24, 2.45) is 5.92 Å². The van der Waals surface area contributed by atoms with Crippen molar-refractivity contribution in [1.29, 1.82) is 0 Å². The molecule has 0 amide bonds. The largest absolute Gasteiger partial charge is 0.401 e. The molecule has 5 heteroatoms. The summed E-state index contributed by atoms with van der Waals surface area (Å²) in [6.45, 7) is 9.11. The monoisotopic (exact) mass is 268 g/mol. The fraction of sp³-hybridized carbons (Fsp3) is 1.00. The first-order valence-electron chi connectivity index (χ1n) is 6.83. The van der Waals surface area contributed by atoms with E-state index in [1.54, 1.807) is 4.90 Å². The van der Waals surface area contributed by atoms with Gasteiger partial charge in [0, 0.05) is 12.6 Å². The fourth-order valence-electron chi connectivity index (χ4n) is 2.09. The van der Waals surface area contributed by atoms with Crippen molar-refractivity contribution in [1.82, 2.24) is 10.2 Å². The number of nitrogens with zero attached hydrogens (tertiary/aromatic N) is 1. The second-order valence-electron chi connectivity index (χ2n) is 5.10. The van der Waals surface area contributed by atoms with Crippen LogP contribution in [0.25, 0.3) is 0 Å². The summed E-state index contributed by atoms with van der Waals surface area (Å²) in [6.07, 6.45) is -2.38. The van der Waals surface area contributed by atoms with Gasteiger partial charge in [-0.3, -0.25) is 4.90 Å². The van der Waals surface area contributed by atoms with Gasteiger partial charge in [0.05, 0.1) is 6.54 Å². The van der Waals surface area contributed by atoms with E-state index in [4.69, 9.17) is 0 Å². The molecule has 18 heavy (non-hydrogen) atoms. The molecule has 0 saturated carbocycles. The Balaban J connectivity index is 4.54. The molecule has 0 aromatic heterocycles. The van der Waals surface area contributed by atoms with Gasteiger partial charge in [-0.05, 0) is 31.8 Å². The first-order chi connectivity index (χ1) is 8.31. The van der Waals surface area contributed by atoms with Gasteiger partial charge in [-0.2, -0.15) is 13.2 Å². The zero-order valence-electron chi connectivity index (χ0n) is 12.0. The van der Waals surface area contributed by atoms with Gasteiger partial charge >= 0.3 is 6.18 Å². The molecule has 0 aromatic carbocycles. The number of rotatable bonds is 9. The number of alkyl halides is 3. The van der Waals surface area contributed by atoms with Gasteiger partial charge in [0.15, 0.2) is 0 Å². The SMILES string of the molecule is CCCNCC(C(C)C)N(CCC)CC(F)(F)F. The Morgan fingerprint density at radius 2 is 1.72 bits per heavy atom. The van der Waals surface area contributed by atoms with Crippen LogP contribution in [0.4, 0.5) is 13.2 Å². The van der Waals surface area contributed by atoms with E-state index >= 15 is 0 Å². The zero-order valence-corrected chi connectivity index (χ0v) is 12.0. The van der Waals surface area contributed by atoms with Crippen LogP contribution in [0.1, 0.15) is 40.5 Å². The maximum absolute atomic E-state index is 12.6. The van der Waals surface area contributed by atoms with Gasteiger partial charge in [-0.1, -0.05) is 27.7 Å². The molecule has 2 nitrogen and oxygen atoms in total. The second-order valence-corrected chi connectivity index (χ2v) is 5.10. The maximum atomic E-state index is 12.6. The van der Waals surface area contributed by atoms with Crippen LogP contribution in [0.2, 0.25) is 0 Å². The molecule has 0 radical (unpaired) electrons. The van der Waals surface area contributed by atoms with Crippen LogP contribution < -0.4 is 5.32 Å². The minimum atomic E-state index is -4.12. The molecule has 1 unspecified atom stereocenters. The van der Waals surface area contributed by atoms with Gasteiger partial charge in [0.2, 0.25) is 0 Å². The molecule has 0 aliphatic heterocycles. The lowest BCUT2D eigenvalue weighted by molar-refractivity contribution is -0.152. The van der Waals surface area contributed by atoms with Gasteiger partial charge in [0.1, 0.15) is 0 Å². The molecular formula is C13H27F3N2. The Bertz CT molecular complexity index is 205. The average molecular weight is 268 g/mol. The molecule has 0 heterocycles. The third-order valence-corrected chi connectivity index (χ3v) is 2.91. The number of hydrogen-bond acceptors (Lipinski definition) is 2. The van der Waals surface area contributed by atoms with E-state index in [0.717, 1.165) is 19.4 Å². The van der Waals surface area contributed by atoms with E-state index in [2.05, 4.69) is 12.2 Å². The van der Waals surface area contributed by atoms with Gasteiger partial charge in [-0.25, -0.2) is 0 Å². The van der Waals surface area contributed by atoms with Crippen LogP contribution in [0, 0.1) is 5.92 Å². The van der Waals surface area contributed by atoms with Crippen molar-refractivity contribution in [2.45, 2.75) is 52.8 Å². The highest BCUT2D eigenvalue weighted by Crippen LogP contribution is 2.20. The van der Waals surface area contributed by atoms with Crippen LogP contribution in [-0.2, 0) is 0 Å². The van der Waals surface area contributed by atoms with Crippen molar-refractivity contribution in [2.75, 3.05) is 26.2 Å². The van der Waals surface area contributed by atoms with Crippen LogP contribution in [0.3, 0.4) is 0 Å². The summed E-state index contributed by atoms with van der Waals surface area (Å²) >= 11 is 0. The topological polar surface area (TPSA) is 15.3 Å². The molecule has 0 spiro atoms. The summed E-state index contributed by atoms with van der Waals surface area (Å²) in [4.78, 5) is 1.56. The van der Waals surface area contributed by atoms with Crippen LogP contribution in [0.15, 0.2) is 0 Å². The van der Waals surface area contributed by atoms with E-state index in [1.807, 2.05) is 20.8 Å². The molecule has 1 N–H and O–H groups in total. The average Bonchev–Trinajstić information content (AvgIpc) is 2.21. The predicted octanol–water partition coefficient (Wildman–Crippen LogP) is 3.28. The molecule has 1 atom stereocenters. The smallest absolute Gasteiger partial charge is 0.315 e. The van der Waals surface area contributed by atoms with Gasteiger partial charge in [-0.15, -0.1) is 0 Å². The highest BCUT2D eigenvalue weighted by Gasteiger charge is 2.34. The van der Waals surface area contributed by atoms with E-state index in [-0.39, 0.29) is 12.0 Å². The molecule has 0 fully saturated rings. The van der Waals surface area contributed by atoms with Gasteiger partial charge < -0.3 is 5.32 Å². The quantitative estimate of drug-likeness (QED) is 0.646. The van der Waals surface area contributed by atoms with E-state index < -0.39 is 12.7 Å². The Morgan fingerprint density at radius 1 is 1.11 bits per heavy atom. The van der Waals surface area contributed by atoms with Crippen molar-refractivity contribution in [3.63, 3.8) is 0 Å². The lowest BCUT2D eigenvalue weighted by Crippen LogP contribution is -2.49. The maximum Gasteiger partial charge on any atom is 0.401 e. The zero-order chi connectivity index (χ0) is 14.2. The molecule has 0 aromatic rings. The summed E-state index contributed by atoms with van der Waals surface area (Å²) in [6, 6.07) is -0.0573. The van der Waals surface area contributed by atoms with Crippen molar-refractivity contribution in [3.8, 4) is 0 Å². The number of hydrogen-bond donors (Lipinski definition) is 1. The van der Waals surface area contributed by atoms with Gasteiger partial charge in [0.25, 0.3) is 0 Å². The molecule has 0 bridgehead atoms. The third kappa shape index (κ3) is 7.93. The van der Waals surface area contributed by atoms with Crippen LogP contribution in [0.5, 0.6) is 0 Å². The van der Waals surface area contributed by atoms with Crippen molar-refractivity contribution >= 4 is 0 Å². The number of nitrogens with one attached hydrogen (secondary N) is 1. The van der Waals surface area contributed by atoms with E-state index in [9.17, 15) is 13.2 Å². The molecule has 110 valence electrons. The first-order valence-corrected chi connectivity index (χ1v) is 6.83. The third-order valence-electron chi connectivity index (χ3n) is 2.91. The lowest BCUT2D eigenvalue weighted by atomic mass is 10.0. The minimum absolute atomic E-state index is 0.0573. The number of halogens is 3. The lowest BCUT2D eigenvalue weighted by Gasteiger charge is -2.35. The van der Waals surface area contributed by atoms with Crippen molar-refractivity contribution in [3.05, 3.63) is 0 Å². The van der Waals surface area contributed by atoms with E-state index in [1.165, 1.54) is 0 Å². The fourth-order valence-corrected chi connectivity index (χ4v) is 2.09. The molecule has 0 rings (SSSR count). The highest BCUT2D eigenvalue weighted by molar-refractivity contribution is 4.79. The molecule has 0 aliphatic carbocycles. The highest BCUT2D eigenvalue weighted by atomic mass is 19.4. The summed E-state index contributed by atoms with van der Waals surface area (Å²) in [5.74, 6) is 0.211. The standard InChI is InChI=1S/C13H27F3N2/c1-5-7-17-9-12(11(3)4)18(8-6-2)10-13(14,15)16/h11-12,17H,5-10H2,1-4H3. The Morgan fingerprint density at radius 3 is 2.11 bits per heavy atom. The predicted molar refractivity (Wildman–Crippen MR) is 69.7 cm³/mol. The second kappa shape index (κ2) is 8.75. The summed E-state index contributed by atoms with van der Waals surface area (Å²) in [5, 5.41) is 3.23. The summed E-state index contributed by atoms with van der Waals surface area (Å²) in [5.41, 5.74) is 0. The normalized spacial score (nSPS) is 14.5. The van der Waals surface area contributed by atoms with E-state index in [0.29, 0.717) is 13.1 Å². The summed E-state index contributed by atoms with van der Waals surface area (Å²) in [7, 11) is 0. The Kier molecular flexibility index (Phi) is 8.61. The van der Waals surface area contributed by atoms with Crippen LogP contribution >= 0.6 is 0 Å². The minimum Gasteiger partial charge on any atom is -0.315 e. The Hall–Kier alpha value is -0.290. The first kappa shape index (κ1) is 17.7. The van der Waals surface area contributed by atoms with Crippen LogP contribution in [-0.4, -0.2) is 43.3 Å². The Labute approximate surface area is 109 Å². The summed E-state index contributed by atoms with van der Waals surface area (Å²) < 4.78 is 37.7. The molecular weight excluding hydrogens is 241 g/mol. The van der Waals surface area contributed by atoms with Crippen molar-refractivity contribution < 1.29 is 13.2 Å².